The third-order valence-corrected chi connectivity index (χ3v) is 4.88. The minimum absolute atomic E-state index is 0.253. The van der Waals surface area contributed by atoms with E-state index < -0.39 is 0 Å². The molecule has 0 N–H and O–H groups in total. The Morgan fingerprint density at radius 2 is 2.00 bits per heavy atom. The SMILES string of the molecule is Cc1cc(F)ccc1N(Cc1ccc(C#N)cc1)Cc1nnc2n1CCOC2. The first-order valence-electron chi connectivity index (χ1n) is 9.13. The first-order valence-corrected chi connectivity index (χ1v) is 9.13. The molecule has 0 fully saturated rings. The van der Waals surface area contributed by atoms with Gasteiger partial charge in [-0.05, 0) is 48.4 Å². The lowest BCUT2D eigenvalue weighted by atomic mass is 10.1. The van der Waals surface area contributed by atoms with Crippen LogP contribution in [0.3, 0.4) is 0 Å². The Bertz CT molecular complexity index is 1020. The van der Waals surface area contributed by atoms with E-state index in [1.54, 1.807) is 18.2 Å². The number of hydrogen-bond donors (Lipinski definition) is 0. The zero-order valence-corrected chi connectivity index (χ0v) is 15.6. The smallest absolute Gasteiger partial charge is 0.159 e. The number of nitriles is 1. The van der Waals surface area contributed by atoms with Crippen LogP contribution in [0, 0.1) is 24.1 Å². The van der Waals surface area contributed by atoms with Gasteiger partial charge in [0.25, 0.3) is 0 Å². The van der Waals surface area contributed by atoms with Crippen molar-refractivity contribution in [1.29, 1.82) is 5.26 Å². The molecule has 28 heavy (non-hydrogen) atoms. The van der Waals surface area contributed by atoms with E-state index in [1.165, 1.54) is 12.1 Å². The summed E-state index contributed by atoms with van der Waals surface area (Å²) >= 11 is 0. The topological polar surface area (TPSA) is 67.0 Å². The summed E-state index contributed by atoms with van der Waals surface area (Å²) in [5, 5.41) is 17.6. The second-order valence-electron chi connectivity index (χ2n) is 6.83. The van der Waals surface area contributed by atoms with Gasteiger partial charge < -0.3 is 14.2 Å². The fourth-order valence-corrected chi connectivity index (χ4v) is 3.45. The Hall–Kier alpha value is -3.24. The van der Waals surface area contributed by atoms with Crippen molar-refractivity contribution in [2.24, 2.45) is 0 Å². The van der Waals surface area contributed by atoms with Crippen molar-refractivity contribution in [3.63, 3.8) is 0 Å². The van der Waals surface area contributed by atoms with Crippen molar-refractivity contribution in [1.82, 2.24) is 14.8 Å². The van der Waals surface area contributed by atoms with Crippen LogP contribution in [0.15, 0.2) is 42.5 Å². The van der Waals surface area contributed by atoms with Gasteiger partial charge in [0.1, 0.15) is 12.4 Å². The summed E-state index contributed by atoms with van der Waals surface area (Å²) in [4.78, 5) is 2.16. The summed E-state index contributed by atoms with van der Waals surface area (Å²) in [7, 11) is 0. The maximum Gasteiger partial charge on any atom is 0.159 e. The van der Waals surface area contributed by atoms with Crippen LogP contribution in [0.25, 0.3) is 0 Å². The number of aryl methyl sites for hydroxylation is 1. The van der Waals surface area contributed by atoms with E-state index in [-0.39, 0.29) is 5.82 Å². The quantitative estimate of drug-likeness (QED) is 0.682. The van der Waals surface area contributed by atoms with Crippen LogP contribution < -0.4 is 4.90 Å². The van der Waals surface area contributed by atoms with Gasteiger partial charge in [-0.1, -0.05) is 12.1 Å². The second kappa shape index (κ2) is 7.79. The Labute approximate surface area is 162 Å². The zero-order valence-electron chi connectivity index (χ0n) is 15.6. The molecule has 1 aromatic heterocycles. The Balaban J connectivity index is 1.66. The highest BCUT2D eigenvalue weighted by molar-refractivity contribution is 5.53. The molecule has 0 bridgehead atoms. The molecule has 3 aromatic rings. The number of nitrogens with zero attached hydrogens (tertiary/aromatic N) is 5. The average Bonchev–Trinajstić information content (AvgIpc) is 3.11. The summed E-state index contributed by atoms with van der Waals surface area (Å²) < 4.78 is 21.2. The Morgan fingerprint density at radius 3 is 2.75 bits per heavy atom. The minimum Gasteiger partial charge on any atom is -0.372 e. The molecule has 0 radical (unpaired) electrons. The molecule has 0 amide bonds. The van der Waals surface area contributed by atoms with E-state index >= 15 is 0 Å². The number of aromatic nitrogens is 3. The number of benzene rings is 2. The van der Waals surface area contributed by atoms with E-state index in [9.17, 15) is 4.39 Å². The fourth-order valence-electron chi connectivity index (χ4n) is 3.45. The van der Waals surface area contributed by atoms with Gasteiger partial charge in [0.15, 0.2) is 11.6 Å². The molecule has 2 heterocycles. The molecule has 1 aliphatic rings. The van der Waals surface area contributed by atoms with Crippen LogP contribution in [0.2, 0.25) is 0 Å². The van der Waals surface area contributed by atoms with Gasteiger partial charge in [0, 0.05) is 18.8 Å². The third-order valence-electron chi connectivity index (χ3n) is 4.88. The van der Waals surface area contributed by atoms with Crippen LogP contribution >= 0.6 is 0 Å². The molecule has 7 heteroatoms. The molecule has 0 unspecified atom stereocenters. The monoisotopic (exact) mass is 377 g/mol. The highest BCUT2D eigenvalue weighted by Crippen LogP contribution is 2.25. The summed E-state index contributed by atoms with van der Waals surface area (Å²) in [5.41, 5.74) is 3.48. The summed E-state index contributed by atoms with van der Waals surface area (Å²) in [6.45, 7) is 4.89. The van der Waals surface area contributed by atoms with Crippen molar-refractivity contribution < 1.29 is 9.13 Å². The van der Waals surface area contributed by atoms with Crippen molar-refractivity contribution >= 4 is 5.69 Å². The highest BCUT2D eigenvalue weighted by atomic mass is 19.1. The van der Waals surface area contributed by atoms with Gasteiger partial charge in [-0.15, -0.1) is 10.2 Å². The summed E-state index contributed by atoms with van der Waals surface area (Å²) in [6.07, 6.45) is 0. The molecule has 0 atom stereocenters. The Kier molecular flexibility index (Phi) is 5.04. The number of rotatable bonds is 5. The highest BCUT2D eigenvalue weighted by Gasteiger charge is 2.20. The van der Waals surface area contributed by atoms with Gasteiger partial charge in [0.2, 0.25) is 0 Å². The number of ether oxygens (including phenoxy) is 1. The van der Waals surface area contributed by atoms with E-state index in [4.69, 9.17) is 10.00 Å². The lowest BCUT2D eigenvalue weighted by Gasteiger charge is -2.27. The molecule has 0 aliphatic carbocycles. The zero-order chi connectivity index (χ0) is 19.5. The van der Waals surface area contributed by atoms with Crippen molar-refractivity contribution in [2.75, 3.05) is 11.5 Å². The Morgan fingerprint density at radius 1 is 1.18 bits per heavy atom. The molecule has 142 valence electrons. The van der Waals surface area contributed by atoms with Crippen LogP contribution in [0.1, 0.15) is 28.3 Å². The number of halogens is 1. The van der Waals surface area contributed by atoms with E-state index in [1.807, 2.05) is 19.1 Å². The molecule has 2 aromatic carbocycles. The second-order valence-corrected chi connectivity index (χ2v) is 6.83. The number of anilines is 1. The lowest BCUT2D eigenvalue weighted by Crippen LogP contribution is -2.27. The maximum absolute atomic E-state index is 13.6. The predicted octanol–water partition coefficient (Wildman–Crippen LogP) is 3.33. The normalized spacial score (nSPS) is 13.0. The molecule has 6 nitrogen and oxygen atoms in total. The molecule has 4 rings (SSSR count). The predicted molar refractivity (Wildman–Crippen MR) is 102 cm³/mol. The minimum atomic E-state index is -0.253. The number of hydrogen-bond acceptors (Lipinski definition) is 5. The first kappa shape index (κ1) is 18.1. The molecule has 0 saturated carbocycles. The van der Waals surface area contributed by atoms with Crippen molar-refractivity contribution in [3.8, 4) is 6.07 Å². The molecule has 0 spiro atoms. The van der Waals surface area contributed by atoms with Crippen molar-refractivity contribution in [3.05, 3.63) is 76.6 Å². The lowest BCUT2D eigenvalue weighted by molar-refractivity contribution is 0.0806. The standard InChI is InChI=1S/C21H20FN5O/c1-15-10-18(22)6-7-19(15)26(12-17-4-2-16(11-23)3-5-17)13-20-24-25-21-14-28-9-8-27(20)21/h2-7,10H,8-9,12-14H2,1H3. The first-order chi connectivity index (χ1) is 13.6. The van der Waals surface area contributed by atoms with Crippen molar-refractivity contribution in [2.45, 2.75) is 33.2 Å². The van der Waals surface area contributed by atoms with Gasteiger partial charge in [-0.2, -0.15) is 5.26 Å². The molecular weight excluding hydrogens is 357 g/mol. The van der Waals surface area contributed by atoms with E-state index in [2.05, 4.69) is 25.7 Å². The van der Waals surface area contributed by atoms with Gasteiger partial charge in [-0.25, -0.2) is 4.39 Å². The summed E-state index contributed by atoms with van der Waals surface area (Å²) in [5.74, 6) is 1.43. The third kappa shape index (κ3) is 3.73. The van der Waals surface area contributed by atoms with Gasteiger partial charge in [0.05, 0.1) is 24.8 Å². The molecule has 0 saturated heterocycles. The number of fused-ring (bicyclic) bond motifs is 1. The molecule has 1 aliphatic heterocycles. The van der Waals surface area contributed by atoms with Gasteiger partial charge in [-0.3, -0.25) is 0 Å². The van der Waals surface area contributed by atoms with Gasteiger partial charge >= 0.3 is 0 Å². The van der Waals surface area contributed by atoms with Crippen LogP contribution in [0.5, 0.6) is 0 Å². The van der Waals surface area contributed by atoms with Crippen LogP contribution in [-0.4, -0.2) is 21.4 Å². The van der Waals surface area contributed by atoms with Crippen LogP contribution in [0.4, 0.5) is 10.1 Å². The van der Waals surface area contributed by atoms with E-state index in [0.29, 0.717) is 31.9 Å². The largest absolute Gasteiger partial charge is 0.372 e. The van der Waals surface area contributed by atoms with E-state index in [0.717, 1.165) is 35.0 Å². The fraction of sp³-hybridized carbons (Fsp3) is 0.286. The summed E-state index contributed by atoms with van der Waals surface area (Å²) in [6, 6.07) is 14.4. The van der Waals surface area contributed by atoms with Crippen LogP contribution in [-0.2, 0) is 31.0 Å². The maximum atomic E-state index is 13.6. The average molecular weight is 377 g/mol. The molecular formula is C21H20FN5O.